The molecule has 2 N–H and O–H groups in total. The lowest BCUT2D eigenvalue weighted by Crippen LogP contribution is -2.43. The molecule has 0 atom stereocenters. The summed E-state index contributed by atoms with van der Waals surface area (Å²) in [5, 5.41) is 17.1. The van der Waals surface area contributed by atoms with Crippen molar-refractivity contribution in [2.75, 3.05) is 44.3 Å². The quantitative estimate of drug-likeness (QED) is 0.864. The van der Waals surface area contributed by atoms with Crippen LogP contribution in [0.2, 0.25) is 0 Å². The van der Waals surface area contributed by atoms with E-state index in [1.807, 2.05) is 0 Å². The summed E-state index contributed by atoms with van der Waals surface area (Å²) in [5.41, 5.74) is 0.727. The lowest BCUT2D eigenvalue weighted by molar-refractivity contribution is 0.0392. The number of amides is 1. The molecule has 0 bridgehead atoms. The summed E-state index contributed by atoms with van der Waals surface area (Å²) < 4.78 is 5.29. The molecule has 0 aromatic carbocycles. The van der Waals surface area contributed by atoms with Gasteiger partial charge in [0.2, 0.25) is 0 Å². The van der Waals surface area contributed by atoms with E-state index in [-0.39, 0.29) is 0 Å². The predicted molar refractivity (Wildman–Crippen MR) is 76.5 cm³/mol. The van der Waals surface area contributed by atoms with Gasteiger partial charge >= 0.3 is 6.09 Å². The Morgan fingerprint density at radius 3 is 3.05 bits per heavy atom. The first-order valence-corrected chi connectivity index (χ1v) is 6.84. The normalized spacial score (nSPS) is 16.2. The van der Waals surface area contributed by atoms with Gasteiger partial charge in [-0.1, -0.05) is 0 Å². The minimum Gasteiger partial charge on any atom is -0.465 e. The highest BCUT2D eigenvalue weighted by atomic mass is 16.5. The number of aromatic amines is 1. The zero-order chi connectivity index (χ0) is 14.7. The monoisotopic (exact) mass is 291 g/mol. The van der Waals surface area contributed by atoms with E-state index < -0.39 is 6.09 Å². The molecule has 8 nitrogen and oxygen atoms in total. The number of hydrogen-bond donors (Lipinski definition) is 2. The van der Waals surface area contributed by atoms with Crippen molar-refractivity contribution >= 4 is 22.8 Å². The first-order chi connectivity index (χ1) is 10.3. The highest BCUT2D eigenvalue weighted by Crippen LogP contribution is 2.23. The van der Waals surface area contributed by atoms with E-state index in [2.05, 4.69) is 20.1 Å². The van der Waals surface area contributed by atoms with Gasteiger partial charge in [-0.3, -0.25) is 19.9 Å². The fraction of sp³-hybridized carbons (Fsp3) is 0.462. The Bertz CT molecular complexity index is 623. The number of fused-ring (bicyclic) bond motifs is 1. The number of morpholine rings is 1. The number of hydrogen-bond acceptors (Lipinski definition) is 5. The third-order valence-corrected chi connectivity index (χ3v) is 3.57. The number of rotatable bonds is 4. The number of carboxylic acid groups (broad SMARTS) is 1. The molecule has 1 aliphatic heterocycles. The van der Waals surface area contributed by atoms with Crippen molar-refractivity contribution in [3.05, 3.63) is 18.5 Å². The van der Waals surface area contributed by atoms with Crippen molar-refractivity contribution in [2.45, 2.75) is 0 Å². The summed E-state index contributed by atoms with van der Waals surface area (Å²) >= 11 is 0. The number of nitrogens with one attached hydrogen (secondary N) is 1. The largest absolute Gasteiger partial charge is 0.465 e. The number of carbonyl (C=O) groups is 1. The van der Waals surface area contributed by atoms with Gasteiger partial charge in [-0.15, -0.1) is 0 Å². The molecule has 0 aliphatic carbocycles. The zero-order valence-electron chi connectivity index (χ0n) is 11.5. The summed E-state index contributed by atoms with van der Waals surface area (Å²) in [4.78, 5) is 19.0. The summed E-state index contributed by atoms with van der Waals surface area (Å²) in [6.45, 7) is 4.10. The van der Waals surface area contributed by atoms with Gasteiger partial charge in [0.05, 0.1) is 24.9 Å². The van der Waals surface area contributed by atoms with Crippen LogP contribution in [0.25, 0.3) is 10.9 Å². The second kappa shape index (κ2) is 6.06. The van der Waals surface area contributed by atoms with Crippen LogP contribution < -0.4 is 4.90 Å². The second-order valence-corrected chi connectivity index (χ2v) is 4.86. The van der Waals surface area contributed by atoms with Gasteiger partial charge in [0, 0.05) is 37.8 Å². The second-order valence-electron chi connectivity index (χ2n) is 4.86. The molecular weight excluding hydrogens is 274 g/mol. The SMILES string of the molecule is O=C(O)N(CCN1CCOCC1)c1n[nH]c2cnccc12. The van der Waals surface area contributed by atoms with E-state index in [4.69, 9.17) is 4.74 Å². The minimum absolute atomic E-state index is 0.373. The first kappa shape index (κ1) is 13.8. The Labute approximate surface area is 121 Å². The third kappa shape index (κ3) is 2.96. The lowest BCUT2D eigenvalue weighted by atomic mass is 10.3. The molecule has 1 aliphatic rings. The molecule has 1 fully saturated rings. The Balaban J connectivity index is 1.76. The molecule has 0 radical (unpaired) electrons. The van der Waals surface area contributed by atoms with Gasteiger partial charge in [0.25, 0.3) is 0 Å². The fourth-order valence-corrected chi connectivity index (χ4v) is 2.42. The molecule has 0 saturated carbocycles. The van der Waals surface area contributed by atoms with Gasteiger partial charge in [-0.2, -0.15) is 5.10 Å². The summed E-state index contributed by atoms with van der Waals surface area (Å²) in [5.74, 6) is 0.424. The number of aromatic nitrogens is 3. The molecule has 2 aromatic heterocycles. The standard InChI is InChI=1S/C13H17N5O3/c19-13(20)18(4-3-17-5-7-21-8-6-17)12-10-1-2-14-9-11(10)15-16-12/h1-2,9H,3-8H2,(H,15,16)(H,19,20). The summed E-state index contributed by atoms with van der Waals surface area (Å²) in [6, 6.07) is 1.76. The molecule has 8 heteroatoms. The first-order valence-electron chi connectivity index (χ1n) is 6.84. The van der Waals surface area contributed by atoms with Gasteiger partial charge in [-0.25, -0.2) is 4.79 Å². The van der Waals surface area contributed by atoms with E-state index in [9.17, 15) is 9.90 Å². The van der Waals surface area contributed by atoms with E-state index in [1.165, 1.54) is 4.90 Å². The van der Waals surface area contributed by atoms with Crippen LogP contribution in [0.15, 0.2) is 18.5 Å². The maximum atomic E-state index is 11.5. The van der Waals surface area contributed by atoms with Crippen LogP contribution in [0.3, 0.4) is 0 Å². The molecule has 112 valence electrons. The van der Waals surface area contributed by atoms with Gasteiger partial charge < -0.3 is 9.84 Å². The molecule has 1 saturated heterocycles. The maximum Gasteiger partial charge on any atom is 0.413 e. The molecular formula is C13H17N5O3. The maximum absolute atomic E-state index is 11.5. The van der Waals surface area contributed by atoms with Crippen molar-refractivity contribution in [2.24, 2.45) is 0 Å². The van der Waals surface area contributed by atoms with Gasteiger partial charge in [0.15, 0.2) is 5.82 Å². The number of ether oxygens (including phenoxy) is 1. The minimum atomic E-state index is -1.01. The third-order valence-electron chi connectivity index (χ3n) is 3.57. The molecule has 2 aromatic rings. The topological polar surface area (TPSA) is 94.6 Å². The molecule has 21 heavy (non-hydrogen) atoms. The van der Waals surface area contributed by atoms with E-state index >= 15 is 0 Å². The van der Waals surface area contributed by atoms with E-state index in [1.54, 1.807) is 18.5 Å². The summed E-state index contributed by atoms with van der Waals surface area (Å²) in [7, 11) is 0. The smallest absolute Gasteiger partial charge is 0.413 e. The number of nitrogens with zero attached hydrogens (tertiary/aromatic N) is 4. The number of H-pyrrole nitrogens is 1. The molecule has 3 heterocycles. The Morgan fingerprint density at radius 2 is 2.29 bits per heavy atom. The Kier molecular flexibility index (Phi) is 3.98. The predicted octanol–water partition coefficient (Wildman–Crippen LogP) is 0.774. The van der Waals surface area contributed by atoms with Crippen molar-refractivity contribution in [1.29, 1.82) is 0 Å². The van der Waals surface area contributed by atoms with Crippen LogP contribution in [0.1, 0.15) is 0 Å². The molecule has 3 rings (SSSR count). The highest BCUT2D eigenvalue weighted by molar-refractivity contribution is 5.97. The van der Waals surface area contributed by atoms with Crippen LogP contribution in [-0.2, 0) is 4.74 Å². The van der Waals surface area contributed by atoms with Crippen LogP contribution in [0.4, 0.5) is 10.6 Å². The van der Waals surface area contributed by atoms with E-state index in [0.717, 1.165) is 24.0 Å². The van der Waals surface area contributed by atoms with Crippen LogP contribution in [0.5, 0.6) is 0 Å². The zero-order valence-corrected chi connectivity index (χ0v) is 11.5. The number of anilines is 1. The van der Waals surface area contributed by atoms with E-state index in [0.29, 0.717) is 32.1 Å². The van der Waals surface area contributed by atoms with Crippen molar-refractivity contribution in [3.63, 3.8) is 0 Å². The Morgan fingerprint density at radius 1 is 1.48 bits per heavy atom. The number of pyridine rings is 1. The van der Waals surface area contributed by atoms with Crippen molar-refractivity contribution in [1.82, 2.24) is 20.1 Å². The van der Waals surface area contributed by atoms with Crippen LogP contribution >= 0.6 is 0 Å². The molecule has 1 amide bonds. The van der Waals surface area contributed by atoms with Crippen LogP contribution in [-0.4, -0.2) is 70.7 Å². The average Bonchev–Trinajstić information content (AvgIpc) is 2.92. The average molecular weight is 291 g/mol. The van der Waals surface area contributed by atoms with Crippen LogP contribution in [0, 0.1) is 0 Å². The lowest BCUT2D eigenvalue weighted by Gasteiger charge is -2.28. The fourth-order valence-electron chi connectivity index (χ4n) is 2.42. The highest BCUT2D eigenvalue weighted by Gasteiger charge is 2.21. The van der Waals surface area contributed by atoms with Crippen molar-refractivity contribution in [3.8, 4) is 0 Å². The molecule has 0 unspecified atom stereocenters. The van der Waals surface area contributed by atoms with Gasteiger partial charge in [0.1, 0.15) is 0 Å². The van der Waals surface area contributed by atoms with Crippen molar-refractivity contribution < 1.29 is 14.6 Å². The molecule has 0 spiro atoms. The summed E-state index contributed by atoms with van der Waals surface area (Å²) in [6.07, 6.45) is 2.26. The Hall–Kier alpha value is -2.19. The van der Waals surface area contributed by atoms with Gasteiger partial charge in [-0.05, 0) is 6.07 Å².